The van der Waals surface area contributed by atoms with Gasteiger partial charge in [-0.1, -0.05) is 95.2 Å². The van der Waals surface area contributed by atoms with Crippen LogP contribution in [-0.2, 0) is 4.79 Å². The van der Waals surface area contributed by atoms with Gasteiger partial charge in [-0.2, -0.15) is 0 Å². The molecule has 1 N–H and O–H groups in total. The number of benzene rings is 1. The van der Waals surface area contributed by atoms with E-state index in [1.54, 1.807) is 0 Å². The molecule has 1 aromatic heterocycles. The molecular weight excluding hydrogens is 380 g/mol. The van der Waals surface area contributed by atoms with Crippen molar-refractivity contribution in [3.05, 3.63) is 36.0 Å². The molecule has 3 heteroatoms. The third kappa shape index (κ3) is 6.08. The number of para-hydroxylation sites is 1. The molecule has 1 amide bonds. The van der Waals surface area contributed by atoms with Crippen molar-refractivity contribution in [3.8, 4) is 0 Å². The molecule has 2 fully saturated rings. The Morgan fingerprint density at radius 1 is 0.742 bits per heavy atom. The molecule has 4 rings (SSSR count). The first-order valence-electron chi connectivity index (χ1n) is 13.0. The molecule has 0 saturated heterocycles. The summed E-state index contributed by atoms with van der Waals surface area (Å²) >= 11 is 0. The summed E-state index contributed by atoms with van der Waals surface area (Å²) in [6, 6.07) is 8.51. The zero-order valence-electron chi connectivity index (χ0n) is 19.2. The quantitative estimate of drug-likeness (QED) is 0.544. The Morgan fingerprint density at radius 2 is 1.29 bits per heavy atom. The average Bonchev–Trinajstić information content (AvgIpc) is 2.77. The van der Waals surface area contributed by atoms with Gasteiger partial charge in [-0.15, -0.1) is 0 Å². The van der Waals surface area contributed by atoms with Gasteiger partial charge in [0.15, 0.2) is 0 Å². The van der Waals surface area contributed by atoms with E-state index in [4.69, 9.17) is 4.98 Å². The number of aromatic nitrogens is 1. The van der Waals surface area contributed by atoms with Crippen LogP contribution in [0.15, 0.2) is 30.5 Å². The highest BCUT2D eigenvalue weighted by atomic mass is 16.1. The number of nitrogens with zero attached hydrogens (tertiary/aromatic N) is 1. The Labute approximate surface area is 188 Å². The lowest BCUT2D eigenvalue weighted by Crippen LogP contribution is -2.24. The van der Waals surface area contributed by atoms with Crippen LogP contribution in [0.2, 0.25) is 0 Å². The third-order valence-electron chi connectivity index (χ3n) is 7.56. The highest BCUT2D eigenvalue weighted by molar-refractivity contribution is 5.97. The van der Waals surface area contributed by atoms with Gasteiger partial charge in [-0.05, 0) is 43.2 Å². The molecule has 3 nitrogen and oxygen atoms in total. The van der Waals surface area contributed by atoms with Crippen molar-refractivity contribution in [3.63, 3.8) is 0 Å². The molecule has 1 heterocycles. The lowest BCUT2D eigenvalue weighted by molar-refractivity contribution is -0.120. The van der Waals surface area contributed by atoms with E-state index in [0.29, 0.717) is 5.92 Å². The number of amides is 1. The molecule has 2 aromatic rings. The largest absolute Gasteiger partial charge is 0.324 e. The van der Waals surface area contributed by atoms with Crippen molar-refractivity contribution in [1.29, 1.82) is 0 Å². The Kier molecular flexibility index (Phi) is 8.38. The van der Waals surface area contributed by atoms with Gasteiger partial charge in [0, 0.05) is 11.3 Å². The summed E-state index contributed by atoms with van der Waals surface area (Å²) in [5.74, 6) is 0.891. The molecule has 0 atom stereocenters. The molecule has 0 unspecified atom stereocenters. The Bertz CT molecular complexity index is 828. The average molecular weight is 421 g/mol. The summed E-state index contributed by atoms with van der Waals surface area (Å²) in [6.07, 6.45) is 22.1. The zero-order valence-corrected chi connectivity index (χ0v) is 19.2. The van der Waals surface area contributed by atoms with E-state index < -0.39 is 0 Å². The first-order valence-corrected chi connectivity index (χ1v) is 13.0. The maximum Gasteiger partial charge on any atom is 0.227 e. The maximum absolute atomic E-state index is 13.3. The fraction of sp³-hybridized carbons (Fsp3) is 0.643. The van der Waals surface area contributed by atoms with Crippen LogP contribution in [-0.4, -0.2) is 10.9 Å². The fourth-order valence-corrected chi connectivity index (χ4v) is 5.75. The minimum atomic E-state index is 0.156. The molecule has 0 spiro atoms. The van der Waals surface area contributed by atoms with Crippen molar-refractivity contribution < 1.29 is 4.79 Å². The number of carbonyl (C=O) groups is 1. The van der Waals surface area contributed by atoms with Crippen molar-refractivity contribution in [1.82, 2.24) is 4.98 Å². The topological polar surface area (TPSA) is 42.0 Å². The number of nitrogens with one attached hydrogen (secondary N) is 1. The maximum atomic E-state index is 13.3. The number of pyridine rings is 1. The number of fused-ring (bicyclic) bond motifs is 1. The van der Waals surface area contributed by atoms with Crippen LogP contribution in [0, 0.1) is 5.92 Å². The Hall–Kier alpha value is -1.90. The number of hydrogen-bond acceptors (Lipinski definition) is 2. The summed E-state index contributed by atoms with van der Waals surface area (Å²) in [6.45, 7) is 0. The SMILES string of the molecule is O=C(Nc1cnc2ccccc2c1C1CCCCCCCCC1)C1CCCCCCC1. The monoisotopic (exact) mass is 420 g/mol. The first kappa shape index (κ1) is 22.3. The first-order chi connectivity index (χ1) is 15.3. The number of rotatable bonds is 3. The molecule has 0 aliphatic heterocycles. The highest BCUT2D eigenvalue weighted by Crippen LogP contribution is 2.38. The van der Waals surface area contributed by atoms with Crippen molar-refractivity contribution in [2.45, 2.75) is 109 Å². The van der Waals surface area contributed by atoms with Crippen LogP contribution in [0.1, 0.15) is 114 Å². The van der Waals surface area contributed by atoms with Crippen molar-refractivity contribution in [2.75, 3.05) is 5.32 Å². The van der Waals surface area contributed by atoms with E-state index in [1.807, 2.05) is 6.20 Å². The highest BCUT2D eigenvalue weighted by Gasteiger charge is 2.24. The second-order valence-electron chi connectivity index (χ2n) is 9.88. The van der Waals surface area contributed by atoms with E-state index in [0.717, 1.165) is 24.0 Å². The molecule has 0 radical (unpaired) electrons. The summed E-state index contributed by atoms with van der Waals surface area (Å²) in [7, 11) is 0. The van der Waals surface area contributed by atoms with Gasteiger partial charge in [0.1, 0.15) is 0 Å². The van der Waals surface area contributed by atoms with Crippen LogP contribution in [0.5, 0.6) is 0 Å². The van der Waals surface area contributed by atoms with Gasteiger partial charge in [0.25, 0.3) is 0 Å². The van der Waals surface area contributed by atoms with Crippen LogP contribution in [0.25, 0.3) is 10.9 Å². The van der Waals surface area contributed by atoms with Gasteiger partial charge in [0.2, 0.25) is 5.91 Å². The predicted octanol–water partition coefficient (Wildman–Crippen LogP) is 8.14. The standard InChI is InChI=1S/C28H40N2O/c31-28(23-17-11-7-4-8-12-18-23)30-26-21-29-25-20-14-13-19-24(25)27(26)22-15-9-5-2-1-3-6-10-16-22/h13-14,19-23H,1-12,15-18H2,(H,30,31). The normalized spacial score (nSPS) is 20.6. The molecule has 0 bridgehead atoms. The van der Waals surface area contributed by atoms with Crippen molar-refractivity contribution >= 4 is 22.5 Å². The Morgan fingerprint density at radius 3 is 1.94 bits per heavy atom. The van der Waals surface area contributed by atoms with E-state index in [-0.39, 0.29) is 11.8 Å². The number of carbonyl (C=O) groups excluding carboxylic acids is 1. The predicted molar refractivity (Wildman–Crippen MR) is 130 cm³/mol. The summed E-state index contributed by atoms with van der Waals surface area (Å²) < 4.78 is 0. The molecular formula is C28H40N2O. The fourth-order valence-electron chi connectivity index (χ4n) is 5.75. The molecule has 1 aromatic carbocycles. The van der Waals surface area contributed by atoms with Gasteiger partial charge in [0.05, 0.1) is 17.4 Å². The van der Waals surface area contributed by atoms with Gasteiger partial charge in [-0.3, -0.25) is 9.78 Å². The zero-order chi connectivity index (χ0) is 21.3. The summed E-state index contributed by atoms with van der Waals surface area (Å²) in [4.78, 5) is 18.0. The smallest absolute Gasteiger partial charge is 0.227 e. The van der Waals surface area contributed by atoms with Crippen LogP contribution in [0.4, 0.5) is 5.69 Å². The molecule has 31 heavy (non-hydrogen) atoms. The molecule has 2 aliphatic carbocycles. The second-order valence-corrected chi connectivity index (χ2v) is 9.88. The van der Waals surface area contributed by atoms with E-state index in [9.17, 15) is 4.79 Å². The molecule has 2 aliphatic rings. The van der Waals surface area contributed by atoms with E-state index >= 15 is 0 Å². The van der Waals surface area contributed by atoms with Crippen LogP contribution < -0.4 is 5.32 Å². The number of hydrogen-bond donors (Lipinski definition) is 1. The van der Waals surface area contributed by atoms with Gasteiger partial charge >= 0.3 is 0 Å². The van der Waals surface area contributed by atoms with Gasteiger partial charge in [-0.25, -0.2) is 0 Å². The van der Waals surface area contributed by atoms with Gasteiger partial charge < -0.3 is 5.32 Å². The van der Waals surface area contributed by atoms with E-state index in [1.165, 1.54) is 101 Å². The lowest BCUT2D eigenvalue weighted by atomic mass is 9.84. The van der Waals surface area contributed by atoms with Crippen molar-refractivity contribution in [2.24, 2.45) is 5.92 Å². The lowest BCUT2D eigenvalue weighted by Gasteiger charge is -2.25. The number of anilines is 1. The van der Waals surface area contributed by atoms with Crippen LogP contribution in [0.3, 0.4) is 0 Å². The summed E-state index contributed by atoms with van der Waals surface area (Å²) in [5.41, 5.74) is 3.39. The third-order valence-corrected chi connectivity index (χ3v) is 7.56. The minimum absolute atomic E-state index is 0.156. The Balaban J connectivity index is 1.62. The molecule has 168 valence electrons. The molecule has 2 saturated carbocycles. The minimum Gasteiger partial charge on any atom is -0.324 e. The van der Waals surface area contributed by atoms with Crippen LogP contribution >= 0.6 is 0 Å². The van der Waals surface area contributed by atoms with E-state index in [2.05, 4.69) is 29.6 Å². The second kappa shape index (κ2) is 11.6. The summed E-state index contributed by atoms with van der Waals surface area (Å²) in [5, 5.41) is 4.62.